The van der Waals surface area contributed by atoms with Gasteiger partial charge in [-0.05, 0) is 17.7 Å². The van der Waals surface area contributed by atoms with Gasteiger partial charge in [-0.1, -0.05) is 39.8 Å². The van der Waals surface area contributed by atoms with Gasteiger partial charge in [-0.3, -0.25) is 0 Å². The Morgan fingerprint density at radius 3 is 2.71 bits per heavy atom. The molecule has 2 rings (SSSR count). The van der Waals surface area contributed by atoms with Gasteiger partial charge in [0.2, 0.25) is 0 Å². The molecule has 0 aliphatic carbocycles. The Hall–Kier alpha value is -0.740. The number of hydrogen-bond acceptors (Lipinski definition) is 2. The summed E-state index contributed by atoms with van der Waals surface area (Å²) in [4.78, 5) is 7.21. The van der Waals surface area contributed by atoms with Crippen LogP contribution in [0.25, 0.3) is 0 Å². The van der Waals surface area contributed by atoms with Crippen LogP contribution in [0.2, 0.25) is 0 Å². The van der Waals surface area contributed by atoms with Crippen LogP contribution in [0, 0.1) is 0 Å². The van der Waals surface area contributed by atoms with Gasteiger partial charge in [-0.2, -0.15) is 0 Å². The fraction of sp³-hybridized carbons (Fsp3) is 0.100. The molecule has 2 aromatic rings. The lowest BCUT2D eigenvalue weighted by Gasteiger charge is -1.98. The summed E-state index contributed by atoms with van der Waals surface area (Å²) in [5.41, 5.74) is 1.30. The van der Waals surface area contributed by atoms with Crippen molar-refractivity contribution in [2.75, 3.05) is 0 Å². The second-order valence-electron chi connectivity index (χ2n) is 2.81. The molecule has 2 nitrogen and oxygen atoms in total. The van der Waals surface area contributed by atoms with Crippen molar-refractivity contribution in [3.63, 3.8) is 0 Å². The van der Waals surface area contributed by atoms with Crippen molar-refractivity contribution >= 4 is 27.7 Å². The minimum atomic E-state index is 0.945. The van der Waals surface area contributed by atoms with E-state index in [-0.39, 0.29) is 0 Å². The van der Waals surface area contributed by atoms with Crippen LogP contribution >= 0.6 is 27.7 Å². The highest BCUT2D eigenvalue weighted by Crippen LogP contribution is 2.19. The predicted molar refractivity (Wildman–Crippen MR) is 62.3 cm³/mol. The van der Waals surface area contributed by atoms with Gasteiger partial charge in [-0.25, -0.2) is 4.98 Å². The lowest BCUT2D eigenvalue weighted by molar-refractivity contribution is 1.06. The summed E-state index contributed by atoms with van der Waals surface area (Å²) in [5, 5.41) is 0.966. The Kier molecular flexibility index (Phi) is 3.26. The highest BCUT2D eigenvalue weighted by molar-refractivity contribution is 9.10. The van der Waals surface area contributed by atoms with Crippen LogP contribution in [0.3, 0.4) is 0 Å². The first kappa shape index (κ1) is 9.80. The fourth-order valence-electron chi connectivity index (χ4n) is 1.06. The molecule has 0 atom stereocenters. The van der Waals surface area contributed by atoms with Crippen LogP contribution in [0.15, 0.2) is 46.3 Å². The number of benzene rings is 1. The second-order valence-corrected chi connectivity index (χ2v) is 4.69. The molecule has 0 radical (unpaired) electrons. The van der Waals surface area contributed by atoms with Crippen LogP contribution in [0.1, 0.15) is 5.56 Å². The zero-order chi connectivity index (χ0) is 9.80. The molecule has 0 amide bonds. The minimum Gasteiger partial charge on any atom is -0.340 e. The molecular weight excluding hydrogens is 260 g/mol. The first-order chi connectivity index (χ1) is 6.84. The van der Waals surface area contributed by atoms with Crippen molar-refractivity contribution in [3.05, 3.63) is 46.7 Å². The summed E-state index contributed by atoms with van der Waals surface area (Å²) >= 11 is 5.11. The molecule has 1 aromatic heterocycles. The fourth-order valence-corrected chi connectivity index (χ4v) is 2.11. The molecule has 1 aromatic carbocycles. The number of rotatable bonds is 3. The Morgan fingerprint density at radius 1 is 1.29 bits per heavy atom. The molecule has 0 saturated carbocycles. The van der Waals surface area contributed by atoms with Gasteiger partial charge in [0.25, 0.3) is 0 Å². The Balaban J connectivity index is 1.95. The summed E-state index contributed by atoms with van der Waals surface area (Å²) in [6.45, 7) is 0. The largest absolute Gasteiger partial charge is 0.340 e. The van der Waals surface area contributed by atoms with Crippen LogP contribution in [0.4, 0.5) is 0 Å². The predicted octanol–water partition coefficient (Wildman–Crippen LogP) is 3.46. The van der Waals surface area contributed by atoms with Crippen LogP contribution in [-0.2, 0) is 5.75 Å². The van der Waals surface area contributed by atoms with E-state index in [1.807, 2.05) is 6.20 Å². The SMILES string of the molecule is Brc1ccc(CSc2ncc[nH]2)cc1. The zero-order valence-electron chi connectivity index (χ0n) is 7.40. The number of nitrogens with one attached hydrogen (secondary N) is 1. The van der Waals surface area contributed by atoms with E-state index in [9.17, 15) is 0 Å². The number of aromatic amines is 1. The standard InChI is InChI=1S/C10H9BrN2S/c11-9-3-1-8(2-4-9)7-14-10-12-5-6-13-10/h1-6H,7H2,(H,12,13). The quantitative estimate of drug-likeness (QED) is 0.864. The highest BCUT2D eigenvalue weighted by Gasteiger charge is 1.97. The number of thioether (sulfide) groups is 1. The summed E-state index contributed by atoms with van der Waals surface area (Å²) in [6, 6.07) is 8.33. The van der Waals surface area contributed by atoms with Crippen molar-refractivity contribution < 1.29 is 0 Å². The third kappa shape index (κ3) is 2.62. The van der Waals surface area contributed by atoms with E-state index in [1.54, 1.807) is 18.0 Å². The Bertz CT molecular complexity index is 383. The molecule has 0 spiro atoms. The van der Waals surface area contributed by atoms with Crippen LogP contribution in [0.5, 0.6) is 0 Å². The molecule has 0 saturated heterocycles. The summed E-state index contributed by atoms with van der Waals surface area (Å²) in [5.74, 6) is 0.945. The monoisotopic (exact) mass is 268 g/mol. The Labute approximate surface area is 95.3 Å². The van der Waals surface area contributed by atoms with Gasteiger partial charge in [0.1, 0.15) is 0 Å². The van der Waals surface area contributed by atoms with Gasteiger partial charge in [0, 0.05) is 22.6 Å². The van der Waals surface area contributed by atoms with E-state index in [4.69, 9.17) is 0 Å². The first-order valence-electron chi connectivity index (χ1n) is 4.21. The average molecular weight is 269 g/mol. The second kappa shape index (κ2) is 4.66. The maximum atomic E-state index is 4.15. The summed E-state index contributed by atoms with van der Waals surface area (Å²) in [6.07, 6.45) is 3.60. The van der Waals surface area contributed by atoms with Gasteiger partial charge in [-0.15, -0.1) is 0 Å². The number of nitrogens with zero attached hydrogens (tertiary/aromatic N) is 1. The topological polar surface area (TPSA) is 28.7 Å². The summed E-state index contributed by atoms with van der Waals surface area (Å²) < 4.78 is 1.12. The van der Waals surface area contributed by atoms with Crippen molar-refractivity contribution in [3.8, 4) is 0 Å². The van der Waals surface area contributed by atoms with Gasteiger partial charge >= 0.3 is 0 Å². The lowest BCUT2D eigenvalue weighted by atomic mass is 10.2. The third-order valence-corrected chi connectivity index (χ3v) is 3.26. The van der Waals surface area contributed by atoms with E-state index >= 15 is 0 Å². The van der Waals surface area contributed by atoms with Crippen molar-refractivity contribution in [1.29, 1.82) is 0 Å². The molecule has 72 valence electrons. The number of hydrogen-bond donors (Lipinski definition) is 1. The molecule has 4 heteroatoms. The molecule has 0 aliphatic heterocycles. The molecule has 0 bridgehead atoms. The number of H-pyrrole nitrogens is 1. The lowest BCUT2D eigenvalue weighted by Crippen LogP contribution is -1.80. The number of aromatic nitrogens is 2. The van der Waals surface area contributed by atoms with Crippen molar-refractivity contribution in [2.45, 2.75) is 10.9 Å². The van der Waals surface area contributed by atoms with Crippen LogP contribution < -0.4 is 0 Å². The molecule has 1 heterocycles. The number of imidazole rings is 1. The smallest absolute Gasteiger partial charge is 0.165 e. The van der Waals surface area contributed by atoms with E-state index in [1.165, 1.54) is 5.56 Å². The maximum absolute atomic E-state index is 4.15. The summed E-state index contributed by atoms with van der Waals surface area (Å²) in [7, 11) is 0. The number of halogens is 1. The van der Waals surface area contributed by atoms with Crippen molar-refractivity contribution in [2.24, 2.45) is 0 Å². The molecule has 0 fully saturated rings. The van der Waals surface area contributed by atoms with E-state index < -0.39 is 0 Å². The minimum absolute atomic E-state index is 0.945. The van der Waals surface area contributed by atoms with E-state index in [0.29, 0.717) is 0 Å². The zero-order valence-corrected chi connectivity index (χ0v) is 9.81. The van der Waals surface area contributed by atoms with Gasteiger partial charge in [0.15, 0.2) is 5.16 Å². The average Bonchev–Trinajstić information content (AvgIpc) is 2.70. The normalized spacial score (nSPS) is 10.4. The van der Waals surface area contributed by atoms with Crippen LogP contribution in [-0.4, -0.2) is 9.97 Å². The van der Waals surface area contributed by atoms with E-state index in [0.717, 1.165) is 15.4 Å². The van der Waals surface area contributed by atoms with Gasteiger partial charge in [0.05, 0.1) is 0 Å². The molecule has 0 aliphatic rings. The molecular formula is C10H9BrN2S. The van der Waals surface area contributed by atoms with Gasteiger partial charge < -0.3 is 4.98 Å². The van der Waals surface area contributed by atoms with E-state index in [2.05, 4.69) is 50.2 Å². The molecule has 0 unspecified atom stereocenters. The molecule has 14 heavy (non-hydrogen) atoms. The maximum Gasteiger partial charge on any atom is 0.165 e. The highest BCUT2D eigenvalue weighted by atomic mass is 79.9. The molecule has 1 N–H and O–H groups in total. The van der Waals surface area contributed by atoms with Crippen molar-refractivity contribution in [1.82, 2.24) is 9.97 Å². The third-order valence-electron chi connectivity index (χ3n) is 1.76. The first-order valence-corrected chi connectivity index (χ1v) is 5.99. The Morgan fingerprint density at radius 2 is 2.07 bits per heavy atom.